The highest BCUT2D eigenvalue weighted by molar-refractivity contribution is 9.10. The number of anilines is 1. The van der Waals surface area contributed by atoms with Crippen molar-refractivity contribution in [2.75, 3.05) is 18.5 Å². The van der Waals surface area contributed by atoms with Gasteiger partial charge in [-0.3, -0.25) is 0 Å². The Hall–Kier alpha value is -1.60. The number of halogens is 1. The third kappa shape index (κ3) is 4.18. The van der Waals surface area contributed by atoms with Crippen LogP contribution in [0.4, 0.5) is 10.5 Å². The van der Waals surface area contributed by atoms with Crippen molar-refractivity contribution in [1.82, 2.24) is 5.32 Å². The Morgan fingerprint density at radius 1 is 1.48 bits per heavy atom. The van der Waals surface area contributed by atoms with Crippen LogP contribution in [0.5, 0.6) is 0 Å². The quantitative estimate of drug-likeness (QED) is 0.773. The third-order valence-corrected chi connectivity index (χ3v) is 4.21. The second kappa shape index (κ2) is 6.91. The number of urea groups is 1. The van der Waals surface area contributed by atoms with Crippen LogP contribution in [-0.2, 0) is 4.74 Å². The van der Waals surface area contributed by atoms with Gasteiger partial charge in [0.2, 0.25) is 0 Å². The molecular weight excluding hydrogens is 340 g/mol. The number of carboxylic acids is 1. The van der Waals surface area contributed by atoms with Gasteiger partial charge in [0.25, 0.3) is 0 Å². The van der Waals surface area contributed by atoms with Gasteiger partial charge in [0, 0.05) is 23.5 Å². The minimum absolute atomic E-state index is 0.117. The molecule has 3 N–H and O–H groups in total. The van der Waals surface area contributed by atoms with Gasteiger partial charge in [-0.1, -0.05) is 0 Å². The molecule has 2 unspecified atom stereocenters. The number of amides is 2. The molecule has 7 heteroatoms. The number of aromatic carboxylic acids is 1. The molecule has 2 rings (SSSR count). The lowest BCUT2D eigenvalue weighted by Gasteiger charge is -2.15. The first-order valence-corrected chi connectivity index (χ1v) is 7.46. The van der Waals surface area contributed by atoms with E-state index in [1.54, 1.807) is 6.07 Å². The minimum Gasteiger partial charge on any atom is -0.478 e. The van der Waals surface area contributed by atoms with Crippen LogP contribution in [0, 0.1) is 5.92 Å². The van der Waals surface area contributed by atoms with E-state index >= 15 is 0 Å². The maximum absolute atomic E-state index is 11.9. The standard InChI is InChI=1S/C14H17BrN2O4/c1-8-10(4-5-21-8)7-16-14(20)17-12-6-9(13(18)19)2-3-11(12)15/h2-3,6,8,10H,4-5,7H2,1H3,(H,18,19)(H2,16,17,20). The van der Waals surface area contributed by atoms with Crippen molar-refractivity contribution < 1.29 is 19.4 Å². The molecular formula is C14H17BrN2O4. The molecule has 1 aliphatic rings. The number of benzene rings is 1. The molecule has 0 spiro atoms. The molecule has 2 amide bonds. The van der Waals surface area contributed by atoms with Crippen LogP contribution < -0.4 is 10.6 Å². The number of rotatable bonds is 4. The molecule has 1 heterocycles. The first kappa shape index (κ1) is 15.8. The monoisotopic (exact) mass is 356 g/mol. The van der Waals surface area contributed by atoms with Crippen LogP contribution in [0.3, 0.4) is 0 Å². The highest BCUT2D eigenvalue weighted by Crippen LogP contribution is 2.24. The lowest BCUT2D eigenvalue weighted by molar-refractivity contribution is 0.0697. The fraction of sp³-hybridized carbons (Fsp3) is 0.429. The summed E-state index contributed by atoms with van der Waals surface area (Å²) in [6.07, 6.45) is 1.08. The summed E-state index contributed by atoms with van der Waals surface area (Å²) < 4.78 is 6.06. The molecule has 114 valence electrons. The van der Waals surface area contributed by atoms with Gasteiger partial charge in [0.05, 0.1) is 17.4 Å². The van der Waals surface area contributed by atoms with Crippen LogP contribution in [0.25, 0.3) is 0 Å². The van der Waals surface area contributed by atoms with Crippen molar-refractivity contribution in [3.63, 3.8) is 0 Å². The van der Waals surface area contributed by atoms with Gasteiger partial charge in [-0.2, -0.15) is 0 Å². The van der Waals surface area contributed by atoms with Gasteiger partial charge in [-0.15, -0.1) is 0 Å². The van der Waals surface area contributed by atoms with Crippen LogP contribution in [0.15, 0.2) is 22.7 Å². The van der Waals surface area contributed by atoms with Crippen molar-refractivity contribution in [2.45, 2.75) is 19.4 Å². The molecule has 1 fully saturated rings. The molecule has 1 aromatic rings. The summed E-state index contributed by atoms with van der Waals surface area (Å²) in [5.41, 5.74) is 0.537. The topological polar surface area (TPSA) is 87.7 Å². The van der Waals surface area contributed by atoms with Gasteiger partial charge in [-0.05, 0) is 47.5 Å². The molecule has 0 aromatic heterocycles. The Kier molecular flexibility index (Phi) is 5.19. The zero-order valence-electron chi connectivity index (χ0n) is 11.6. The highest BCUT2D eigenvalue weighted by Gasteiger charge is 2.24. The Balaban J connectivity index is 1.93. The largest absolute Gasteiger partial charge is 0.478 e. The predicted molar refractivity (Wildman–Crippen MR) is 81.6 cm³/mol. The molecule has 0 saturated carbocycles. The minimum atomic E-state index is -1.04. The molecule has 0 bridgehead atoms. The fourth-order valence-corrected chi connectivity index (χ4v) is 2.53. The first-order valence-electron chi connectivity index (χ1n) is 6.66. The summed E-state index contributed by atoms with van der Waals surface area (Å²) in [6, 6.07) is 4.10. The fourth-order valence-electron chi connectivity index (χ4n) is 2.19. The van der Waals surface area contributed by atoms with Crippen LogP contribution in [-0.4, -0.2) is 36.4 Å². The molecule has 2 atom stereocenters. The molecule has 0 radical (unpaired) electrons. The average molecular weight is 357 g/mol. The summed E-state index contributed by atoms with van der Waals surface area (Å²) >= 11 is 3.28. The van der Waals surface area contributed by atoms with Crippen molar-refractivity contribution >= 4 is 33.6 Å². The molecule has 21 heavy (non-hydrogen) atoms. The SMILES string of the molecule is CC1OCCC1CNC(=O)Nc1cc(C(=O)O)ccc1Br. The van der Waals surface area contributed by atoms with Gasteiger partial charge < -0.3 is 20.5 Å². The second-order valence-electron chi connectivity index (χ2n) is 4.96. The third-order valence-electron chi connectivity index (χ3n) is 3.52. The number of carboxylic acid groups (broad SMARTS) is 1. The van der Waals surface area contributed by atoms with Crippen LogP contribution in [0.2, 0.25) is 0 Å². The van der Waals surface area contributed by atoms with Gasteiger partial charge in [0.1, 0.15) is 0 Å². The van der Waals surface area contributed by atoms with E-state index in [-0.39, 0.29) is 17.7 Å². The zero-order valence-corrected chi connectivity index (χ0v) is 13.1. The van der Waals surface area contributed by atoms with E-state index in [4.69, 9.17) is 9.84 Å². The average Bonchev–Trinajstić information content (AvgIpc) is 2.84. The van der Waals surface area contributed by atoms with E-state index in [9.17, 15) is 9.59 Å². The van der Waals surface area contributed by atoms with Crippen molar-refractivity contribution in [2.24, 2.45) is 5.92 Å². The van der Waals surface area contributed by atoms with Gasteiger partial charge >= 0.3 is 12.0 Å². The number of ether oxygens (including phenoxy) is 1. The maximum atomic E-state index is 11.9. The van der Waals surface area contributed by atoms with E-state index in [0.29, 0.717) is 22.6 Å². The first-order chi connectivity index (χ1) is 9.97. The lowest BCUT2D eigenvalue weighted by Crippen LogP contribution is -2.35. The van der Waals surface area contributed by atoms with E-state index < -0.39 is 5.97 Å². The van der Waals surface area contributed by atoms with Gasteiger partial charge in [0.15, 0.2) is 0 Å². The number of hydrogen-bond acceptors (Lipinski definition) is 3. The smallest absolute Gasteiger partial charge is 0.335 e. The maximum Gasteiger partial charge on any atom is 0.335 e. The van der Waals surface area contributed by atoms with Crippen LogP contribution in [0.1, 0.15) is 23.7 Å². The number of carbonyl (C=O) groups is 2. The lowest BCUT2D eigenvalue weighted by atomic mass is 10.0. The predicted octanol–water partition coefficient (Wildman–Crippen LogP) is 2.69. The molecule has 1 saturated heterocycles. The van der Waals surface area contributed by atoms with E-state index in [2.05, 4.69) is 26.6 Å². The van der Waals surface area contributed by atoms with Crippen molar-refractivity contribution in [1.29, 1.82) is 0 Å². The Labute approximate surface area is 131 Å². The summed E-state index contributed by atoms with van der Waals surface area (Å²) in [7, 11) is 0. The summed E-state index contributed by atoms with van der Waals surface area (Å²) in [6.45, 7) is 3.24. The Morgan fingerprint density at radius 3 is 2.86 bits per heavy atom. The molecule has 6 nitrogen and oxygen atoms in total. The van der Waals surface area contributed by atoms with E-state index in [1.807, 2.05) is 6.92 Å². The van der Waals surface area contributed by atoms with Crippen molar-refractivity contribution in [3.8, 4) is 0 Å². The summed E-state index contributed by atoms with van der Waals surface area (Å²) in [4.78, 5) is 22.8. The van der Waals surface area contributed by atoms with Crippen LogP contribution >= 0.6 is 15.9 Å². The Bertz CT molecular complexity index is 550. The zero-order chi connectivity index (χ0) is 15.4. The highest BCUT2D eigenvalue weighted by atomic mass is 79.9. The second-order valence-corrected chi connectivity index (χ2v) is 5.81. The van der Waals surface area contributed by atoms with E-state index in [0.717, 1.165) is 13.0 Å². The molecule has 1 aromatic carbocycles. The molecule has 1 aliphatic heterocycles. The van der Waals surface area contributed by atoms with Gasteiger partial charge in [-0.25, -0.2) is 9.59 Å². The number of nitrogens with one attached hydrogen (secondary N) is 2. The molecule has 0 aliphatic carbocycles. The summed E-state index contributed by atoms with van der Waals surface area (Å²) in [5, 5.41) is 14.4. The van der Waals surface area contributed by atoms with Crippen molar-refractivity contribution in [3.05, 3.63) is 28.2 Å². The normalized spacial score (nSPS) is 21.0. The summed E-state index contributed by atoms with van der Waals surface area (Å²) in [5.74, 6) is -0.729. The number of hydrogen-bond donors (Lipinski definition) is 3. The Morgan fingerprint density at radius 2 is 2.24 bits per heavy atom. The van der Waals surface area contributed by atoms with E-state index in [1.165, 1.54) is 12.1 Å². The number of carbonyl (C=O) groups excluding carboxylic acids is 1.